The zero-order valence-electron chi connectivity index (χ0n) is 12.0. The summed E-state index contributed by atoms with van der Waals surface area (Å²) in [6.45, 7) is 0. The number of ether oxygens (including phenoxy) is 1. The summed E-state index contributed by atoms with van der Waals surface area (Å²) in [5.41, 5.74) is 2.11. The van der Waals surface area contributed by atoms with Crippen molar-refractivity contribution in [1.29, 1.82) is 0 Å². The van der Waals surface area contributed by atoms with Crippen molar-refractivity contribution in [2.75, 3.05) is 19.1 Å². The number of anilines is 1. The molecular formula is C15H13BrN4O2. The topological polar surface area (TPSA) is 59.7 Å². The van der Waals surface area contributed by atoms with Crippen LogP contribution in [0.2, 0.25) is 0 Å². The minimum Gasteiger partial charge on any atom is -0.481 e. The van der Waals surface area contributed by atoms with E-state index in [1.807, 2.05) is 0 Å². The van der Waals surface area contributed by atoms with Crippen LogP contribution in [0.25, 0.3) is 5.52 Å². The highest BCUT2D eigenvalue weighted by atomic mass is 79.9. The highest BCUT2D eigenvalue weighted by Gasteiger charge is 2.15. The number of carbonyl (C=O) groups excluding carboxylic acids is 1. The van der Waals surface area contributed by atoms with E-state index in [1.54, 1.807) is 66.4 Å². The Morgan fingerprint density at radius 1 is 1.32 bits per heavy atom. The van der Waals surface area contributed by atoms with Crippen molar-refractivity contribution in [3.8, 4) is 5.88 Å². The molecule has 0 aliphatic carbocycles. The molecule has 6 nitrogen and oxygen atoms in total. The molecular weight excluding hydrogens is 348 g/mol. The van der Waals surface area contributed by atoms with Gasteiger partial charge in [-0.05, 0) is 34.1 Å². The van der Waals surface area contributed by atoms with Crippen LogP contribution >= 0.6 is 15.9 Å². The number of methoxy groups -OCH3 is 1. The normalized spacial score (nSPS) is 10.7. The molecule has 0 aliphatic heterocycles. The summed E-state index contributed by atoms with van der Waals surface area (Å²) in [5.74, 6) is 0.386. The van der Waals surface area contributed by atoms with Gasteiger partial charge in [-0.3, -0.25) is 4.79 Å². The molecule has 3 aromatic heterocycles. The predicted octanol–water partition coefficient (Wildman–Crippen LogP) is 2.78. The molecule has 0 aliphatic rings. The number of fused-ring (bicyclic) bond motifs is 1. The number of pyridine rings is 2. The monoisotopic (exact) mass is 360 g/mol. The van der Waals surface area contributed by atoms with Gasteiger partial charge in [-0.15, -0.1) is 0 Å². The fraction of sp³-hybridized carbons (Fsp3) is 0.133. The summed E-state index contributed by atoms with van der Waals surface area (Å²) in [7, 11) is 3.26. The van der Waals surface area contributed by atoms with E-state index in [9.17, 15) is 4.79 Å². The number of hydrogen-bond acceptors (Lipinski definition) is 4. The summed E-state index contributed by atoms with van der Waals surface area (Å²) < 4.78 is 7.56. The van der Waals surface area contributed by atoms with E-state index >= 15 is 0 Å². The molecule has 0 saturated carbocycles. The first-order chi connectivity index (χ1) is 10.6. The summed E-state index contributed by atoms with van der Waals surface area (Å²) in [6, 6.07) is 7.04. The minimum atomic E-state index is -0.123. The Hall–Kier alpha value is -2.41. The number of halogens is 1. The Bertz CT molecular complexity index is 829. The molecule has 0 spiro atoms. The molecule has 112 valence electrons. The third kappa shape index (κ3) is 2.55. The largest absolute Gasteiger partial charge is 0.481 e. The Kier molecular flexibility index (Phi) is 3.81. The second kappa shape index (κ2) is 5.76. The molecule has 3 aromatic rings. The SMILES string of the molecule is COc1ccc(N(C)C(=O)c2ccn3ncc(Br)c3c2)cn1. The highest BCUT2D eigenvalue weighted by molar-refractivity contribution is 9.10. The fourth-order valence-corrected chi connectivity index (χ4v) is 2.47. The molecule has 3 rings (SSSR count). The van der Waals surface area contributed by atoms with Crippen molar-refractivity contribution in [2.45, 2.75) is 0 Å². The van der Waals surface area contributed by atoms with E-state index in [0.29, 0.717) is 17.1 Å². The lowest BCUT2D eigenvalue weighted by Gasteiger charge is -2.17. The van der Waals surface area contributed by atoms with Crippen LogP contribution < -0.4 is 9.64 Å². The van der Waals surface area contributed by atoms with E-state index in [0.717, 1.165) is 9.99 Å². The van der Waals surface area contributed by atoms with Gasteiger partial charge in [-0.25, -0.2) is 9.50 Å². The lowest BCUT2D eigenvalue weighted by Crippen LogP contribution is -2.26. The number of hydrogen-bond donors (Lipinski definition) is 0. The average Bonchev–Trinajstić information content (AvgIpc) is 2.94. The van der Waals surface area contributed by atoms with Gasteiger partial charge in [0.2, 0.25) is 5.88 Å². The molecule has 1 amide bonds. The zero-order chi connectivity index (χ0) is 15.7. The number of nitrogens with zero attached hydrogens (tertiary/aromatic N) is 4. The quantitative estimate of drug-likeness (QED) is 0.720. The van der Waals surface area contributed by atoms with Crippen molar-refractivity contribution in [3.05, 3.63) is 52.9 Å². The molecule has 0 fully saturated rings. The second-order valence-corrected chi connectivity index (χ2v) is 5.52. The van der Waals surface area contributed by atoms with Crippen molar-refractivity contribution < 1.29 is 9.53 Å². The maximum atomic E-state index is 12.6. The molecule has 0 N–H and O–H groups in total. The Morgan fingerprint density at radius 3 is 2.82 bits per heavy atom. The van der Waals surface area contributed by atoms with Crippen LogP contribution in [0, 0.1) is 0 Å². The lowest BCUT2D eigenvalue weighted by atomic mass is 10.2. The molecule has 3 heterocycles. The van der Waals surface area contributed by atoms with Crippen LogP contribution in [0.15, 0.2) is 47.3 Å². The molecule has 0 aromatic carbocycles. The Labute approximate surface area is 135 Å². The Balaban J connectivity index is 1.91. The molecule has 0 unspecified atom stereocenters. The molecule has 7 heteroatoms. The maximum Gasteiger partial charge on any atom is 0.258 e. The van der Waals surface area contributed by atoms with Gasteiger partial charge in [0.25, 0.3) is 5.91 Å². The molecule has 0 atom stereocenters. The third-order valence-electron chi connectivity index (χ3n) is 3.34. The number of amides is 1. The minimum absolute atomic E-state index is 0.123. The summed E-state index contributed by atoms with van der Waals surface area (Å²) >= 11 is 3.42. The number of carbonyl (C=O) groups is 1. The van der Waals surface area contributed by atoms with Gasteiger partial charge in [0.15, 0.2) is 0 Å². The number of aromatic nitrogens is 3. The van der Waals surface area contributed by atoms with Crippen LogP contribution in [0.1, 0.15) is 10.4 Å². The van der Waals surface area contributed by atoms with Crippen LogP contribution in [-0.2, 0) is 0 Å². The van der Waals surface area contributed by atoms with Gasteiger partial charge in [0.05, 0.1) is 35.2 Å². The van der Waals surface area contributed by atoms with Crippen LogP contribution in [-0.4, -0.2) is 34.7 Å². The van der Waals surface area contributed by atoms with E-state index < -0.39 is 0 Å². The van der Waals surface area contributed by atoms with Gasteiger partial charge in [-0.1, -0.05) is 0 Å². The van der Waals surface area contributed by atoms with E-state index in [1.165, 1.54) is 0 Å². The molecule has 0 radical (unpaired) electrons. The summed E-state index contributed by atoms with van der Waals surface area (Å²) in [6.07, 6.45) is 5.05. The molecule has 0 saturated heterocycles. The standard InChI is InChI=1S/C15H13BrN4O2/c1-19(11-3-4-14(22-2)17-8-11)15(21)10-5-6-20-13(7-10)12(16)9-18-20/h3-9H,1-2H3. The van der Waals surface area contributed by atoms with Gasteiger partial charge >= 0.3 is 0 Å². The first kappa shape index (κ1) is 14.5. The van der Waals surface area contributed by atoms with E-state index in [4.69, 9.17) is 4.74 Å². The first-order valence-corrected chi connectivity index (χ1v) is 7.30. The van der Waals surface area contributed by atoms with Gasteiger partial charge < -0.3 is 9.64 Å². The average molecular weight is 361 g/mol. The second-order valence-electron chi connectivity index (χ2n) is 4.66. The van der Waals surface area contributed by atoms with Crippen molar-refractivity contribution in [2.24, 2.45) is 0 Å². The van der Waals surface area contributed by atoms with E-state index in [-0.39, 0.29) is 5.91 Å². The third-order valence-corrected chi connectivity index (χ3v) is 3.95. The summed E-state index contributed by atoms with van der Waals surface area (Å²) in [4.78, 5) is 18.3. The van der Waals surface area contributed by atoms with Gasteiger partial charge in [0.1, 0.15) is 0 Å². The molecule has 22 heavy (non-hydrogen) atoms. The van der Waals surface area contributed by atoms with Crippen LogP contribution in [0.5, 0.6) is 5.88 Å². The van der Waals surface area contributed by atoms with Crippen LogP contribution in [0.4, 0.5) is 5.69 Å². The fourth-order valence-electron chi connectivity index (χ4n) is 2.09. The lowest BCUT2D eigenvalue weighted by molar-refractivity contribution is 0.0993. The van der Waals surface area contributed by atoms with Crippen LogP contribution in [0.3, 0.4) is 0 Å². The maximum absolute atomic E-state index is 12.6. The van der Waals surface area contributed by atoms with Crippen molar-refractivity contribution in [3.63, 3.8) is 0 Å². The van der Waals surface area contributed by atoms with Gasteiger partial charge in [-0.2, -0.15) is 5.10 Å². The van der Waals surface area contributed by atoms with E-state index in [2.05, 4.69) is 26.0 Å². The van der Waals surface area contributed by atoms with Crippen molar-refractivity contribution >= 4 is 33.0 Å². The van der Waals surface area contributed by atoms with Crippen molar-refractivity contribution in [1.82, 2.24) is 14.6 Å². The first-order valence-electron chi connectivity index (χ1n) is 6.51. The zero-order valence-corrected chi connectivity index (χ0v) is 13.6. The molecule has 0 bridgehead atoms. The highest BCUT2D eigenvalue weighted by Crippen LogP contribution is 2.21. The van der Waals surface area contributed by atoms with Gasteiger partial charge in [0, 0.05) is 24.9 Å². The Morgan fingerprint density at radius 2 is 2.14 bits per heavy atom. The summed E-state index contributed by atoms with van der Waals surface area (Å²) in [5, 5.41) is 4.16. The smallest absolute Gasteiger partial charge is 0.258 e. The number of rotatable bonds is 3. The predicted molar refractivity (Wildman–Crippen MR) is 86.4 cm³/mol.